The van der Waals surface area contributed by atoms with Crippen molar-refractivity contribution in [2.24, 2.45) is 51.2 Å². The number of aliphatic imine (C=N–C) groups is 1. The van der Waals surface area contributed by atoms with Crippen molar-refractivity contribution in [3.63, 3.8) is 0 Å². The minimum atomic E-state index is -1.86. The van der Waals surface area contributed by atoms with Gasteiger partial charge in [-0.3, -0.25) is 91.3 Å². The van der Waals surface area contributed by atoms with Crippen LogP contribution in [0.2, 0.25) is 0 Å². The van der Waals surface area contributed by atoms with Gasteiger partial charge in [0.2, 0.25) is 94.5 Å². The SMILES string of the molecule is CC(C)C[C@H](NC(=O)[C@H](CO)NC(=O)[C@@H]1CCCN1C(=O)[C@H](CCC(=O)O)NC(=O)[C@H](Cc1cnc[nH]1)NC(=O)[C@H](CCC(N)=O)NC(=O)[C@H](CCCN=C(N)N)NC(=O)[C@@H](NC(=O)[C@H](CCC(N)=O)NC(=O)[C@@H](N)CCC(N)=O)C(C)C)C(=O)N[C@@H](Cc1ccccc1)C(=O)N[C@@H](CO)C(=O)N[C@@H](CO)C(=O)NCC(=O)O. The topological polar surface area (TPSA) is 753 Å². The number of aliphatic carboxylic acids is 2. The Morgan fingerprint density at radius 2 is 0.947 bits per heavy atom. The Hall–Kier alpha value is -12.0. The lowest BCUT2D eigenvalue weighted by molar-refractivity contribution is -0.144. The van der Waals surface area contributed by atoms with Crippen molar-refractivity contribution in [2.45, 2.75) is 203 Å². The molecule has 0 radical (unpaired) electrons. The number of imidazole rings is 1. The number of rotatable bonds is 52. The molecule has 0 bridgehead atoms. The molecule has 2 aromatic rings. The van der Waals surface area contributed by atoms with Crippen LogP contribution in [-0.2, 0) is 99.1 Å². The van der Waals surface area contributed by atoms with Gasteiger partial charge in [0.25, 0.3) is 0 Å². The van der Waals surface area contributed by atoms with Gasteiger partial charge in [0, 0.05) is 63.5 Å². The van der Waals surface area contributed by atoms with Crippen LogP contribution in [0, 0.1) is 11.8 Å². The van der Waals surface area contributed by atoms with Crippen LogP contribution in [-0.4, -0.2) is 271 Å². The third kappa shape index (κ3) is 34.4. The molecule has 1 aliphatic heterocycles. The predicted molar refractivity (Wildman–Crippen MR) is 395 cm³/mol. The van der Waals surface area contributed by atoms with Crippen LogP contribution >= 0.6 is 0 Å². The first kappa shape index (κ1) is 95.2. The minimum Gasteiger partial charge on any atom is -0.481 e. The highest BCUT2D eigenvalue weighted by Gasteiger charge is 2.42. The summed E-state index contributed by atoms with van der Waals surface area (Å²) in [6, 6.07) is -13.3. The van der Waals surface area contributed by atoms with E-state index in [9.17, 15) is 107 Å². The van der Waals surface area contributed by atoms with E-state index in [-0.39, 0.29) is 88.4 Å². The fourth-order valence-corrected chi connectivity index (χ4v) is 11.3. The zero-order valence-electron chi connectivity index (χ0n) is 62.9. The fraction of sp³-hybridized carbons (Fsp3) is 0.588. The normalized spacial score (nSPS) is 15.6. The highest BCUT2D eigenvalue weighted by Crippen LogP contribution is 2.21. The van der Waals surface area contributed by atoms with Gasteiger partial charge in [-0.2, -0.15) is 0 Å². The number of likely N-dealkylation sites (tertiary alicyclic amines) is 1. The average Bonchev–Trinajstić information content (AvgIpc) is 1.74. The van der Waals surface area contributed by atoms with E-state index in [2.05, 4.69) is 73.4 Å². The van der Waals surface area contributed by atoms with Gasteiger partial charge in [0.05, 0.1) is 32.2 Å². The molecule has 45 heteroatoms. The highest BCUT2D eigenvalue weighted by molar-refractivity contribution is 6.01. The maximum Gasteiger partial charge on any atom is 0.322 e. The third-order valence-corrected chi connectivity index (χ3v) is 17.3. The first-order valence-electron chi connectivity index (χ1n) is 36.1. The van der Waals surface area contributed by atoms with Gasteiger partial charge in [-0.05, 0) is 75.2 Å². The first-order chi connectivity index (χ1) is 53.3. The van der Waals surface area contributed by atoms with Crippen LogP contribution in [0.15, 0.2) is 47.8 Å². The minimum absolute atomic E-state index is 0.0294. The largest absolute Gasteiger partial charge is 0.481 e. The van der Waals surface area contributed by atoms with Crippen molar-refractivity contribution in [3.8, 4) is 0 Å². The number of aromatic nitrogens is 2. The standard InChI is InChI=1S/C68H106N22O23/c1-33(2)24-42(60(106)84-43(25-35-10-6-5-7-11-35)61(107)87-46(30-92)64(110)86-45(29-91)56(102)77-28-53(99)100)83-63(109)47(31-93)88-65(111)48-13-9-23-90(48)67(113)41(17-21-52(97)98)82-62(108)44(26-36-27-75-32-78-36)85-58(104)39(15-19-50(71)95)80-57(103)38(12-8-22-76-68(73)74)81-66(112)54(34(3)4)89-59(105)40(16-20-51(72)96)79-55(101)37(69)14-18-49(70)94/h5-7,10-11,27,32-34,37-48,54,91-93H,8-9,12-26,28-31,69H2,1-4H3,(H2,70,94)(H2,71,95)(H2,72,96)(H,75,78)(H,77,102)(H,79,101)(H,80,103)(H,81,112)(H,82,108)(H,83,109)(H,84,106)(H,85,104)(H,86,110)(H,87,107)(H,88,111)(H,89,105)(H,97,98)(H,99,100)(H4,73,74,76)/t37-,38-,39-,40-,41-,42-,43-,44-,45-,46-,47-,48-,54-/m0/s1. The molecule has 1 aromatic carbocycles. The summed E-state index contributed by atoms with van der Waals surface area (Å²) in [4.78, 5) is 252. The van der Waals surface area contributed by atoms with Gasteiger partial charge in [0.1, 0.15) is 79.0 Å². The number of carbonyl (C=O) groups excluding carboxylic acids is 16. The molecule has 1 aliphatic rings. The molecule has 113 heavy (non-hydrogen) atoms. The summed E-state index contributed by atoms with van der Waals surface area (Å²) in [5.41, 5.74) is 33.6. The van der Waals surface area contributed by atoms with Crippen LogP contribution in [0.4, 0.5) is 0 Å². The number of benzene rings is 1. The Labute approximate surface area is 648 Å². The maximum absolute atomic E-state index is 14.8. The Kier molecular flexibility index (Phi) is 41.0. The number of carboxylic acid groups (broad SMARTS) is 2. The Morgan fingerprint density at radius 1 is 0.504 bits per heavy atom. The molecular formula is C68H106N22O23. The fourth-order valence-electron chi connectivity index (χ4n) is 11.3. The van der Waals surface area contributed by atoms with E-state index < -0.39 is 256 Å². The van der Waals surface area contributed by atoms with Gasteiger partial charge in [-0.25, -0.2) is 4.98 Å². The molecule has 2 heterocycles. The number of nitrogens with one attached hydrogen (secondary N) is 13. The first-order valence-corrected chi connectivity index (χ1v) is 36.1. The molecule has 1 fully saturated rings. The summed E-state index contributed by atoms with van der Waals surface area (Å²) in [5, 5.41) is 77.8. The molecule has 1 saturated heterocycles. The lowest BCUT2D eigenvalue weighted by atomic mass is 10.0. The molecule has 0 unspecified atom stereocenters. The summed E-state index contributed by atoms with van der Waals surface area (Å²) in [6.45, 7) is 1.92. The molecular weight excluding hydrogens is 1490 g/mol. The Balaban J connectivity index is 1.95. The summed E-state index contributed by atoms with van der Waals surface area (Å²) in [5.74, 6) is -21.0. The number of carboxylic acids is 2. The second-order valence-electron chi connectivity index (χ2n) is 27.3. The summed E-state index contributed by atoms with van der Waals surface area (Å²) < 4.78 is 0. The summed E-state index contributed by atoms with van der Waals surface area (Å²) in [7, 11) is 0. The lowest BCUT2D eigenvalue weighted by Crippen LogP contribution is -2.61. The van der Waals surface area contributed by atoms with Gasteiger partial charge in [-0.15, -0.1) is 0 Å². The lowest BCUT2D eigenvalue weighted by Gasteiger charge is -2.31. The molecule has 45 nitrogen and oxygen atoms in total. The van der Waals surface area contributed by atoms with E-state index in [1.54, 1.807) is 44.2 Å². The number of nitrogens with two attached hydrogens (primary N) is 6. The van der Waals surface area contributed by atoms with Crippen molar-refractivity contribution >= 4 is 112 Å². The molecule has 1 aromatic heterocycles. The van der Waals surface area contributed by atoms with E-state index in [1.165, 1.54) is 26.4 Å². The zero-order chi connectivity index (χ0) is 84.8. The van der Waals surface area contributed by atoms with E-state index >= 15 is 0 Å². The van der Waals surface area contributed by atoms with E-state index in [0.717, 1.165) is 4.90 Å². The molecule has 0 aliphatic carbocycles. The number of carbonyl (C=O) groups is 18. The Morgan fingerprint density at radius 3 is 1.45 bits per heavy atom. The number of aromatic amines is 1. The van der Waals surface area contributed by atoms with Crippen LogP contribution in [0.5, 0.6) is 0 Å². The molecule has 0 saturated carbocycles. The van der Waals surface area contributed by atoms with Gasteiger partial charge < -0.3 is 134 Å². The number of aliphatic hydroxyl groups excluding tert-OH is 3. The van der Waals surface area contributed by atoms with Crippen molar-refractivity contribution in [3.05, 3.63) is 54.1 Å². The number of amides is 16. The number of nitrogens with zero attached hydrogens (tertiary/aromatic N) is 3. The molecule has 30 N–H and O–H groups in total. The van der Waals surface area contributed by atoms with Crippen LogP contribution < -0.4 is 98.2 Å². The molecule has 13 atom stereocenters. The van der Waals surface area contributed by atoms with Gasteiger partial charge in [0.15, 0.2) is 5.96 Å². The smallest absolute Gasteiger partial charge is 0.322 e. The monoisotopic (exact) mass is 1600 g/mol. The molecule has 3 rings (SSSR count). The maximum atomic E-state index is 14.8. The van der Waals surface area contributed by atoms with Gasteiger partial charge in [-0.1, -0.05) is 58.0 Å². The molecule has 0 spiro atoms. The number of hydrogen-bond acceptors (Lipinski definition) is 24. The van der Waals surface area contributed by atoms with Crippen molar-refractivity contribution < 1.29 is 112 Å². The van der Waals surface area contributed by atoms with Crippen molar-refractivity contribution in [1.82, 2.24) is 78.7 Å². The van der Waals surface area contributed by atoms with Crippen molar-refractivity contribution in [2.75, 3.05) is 39.5 Å². The quantitative estimate of drug-likeness (QED) is 0.0166. The second kappa shape index (κ2) is 48.6. The number of primary amides is 3. The van der Waals surface area contributed by atoms with E-state index in [0.29, 0.717) is 5.56 Å². The van der Waals surface area contributed by atoms with Crippen LogP contribution in [0.25, 0.3) is 0 Å². The third-order valence-electron chi connectivity index (χ3n) is 17.3. The zero-order valence-corrected chi connectivity index (χ0v) is 62.9. The average molecular weight is 1600 g/mol. The van der Waals surface area contributed by atoms with Crippen LogP contribution in [0.3, 0.4) is 0 Å². The molecule has 16 amide bonds. The Bertz CT molecular complexity index is 3660. The number of hydrogen-bond donors (Lipinski definition) is 24. The van der Waals surface area contributed by atoms with Crippen LogP contribution in [0.1, 0.15) is 122 Å². The number of guanidine groups is 1. The number of H-pyrrole nitrogens is 1. The predicted octanol–water partition coefficient (Wildman–Crippen LogP) is -10.6. The highest BCUT2D eigenvalue weighted by atomic mass is 16.4. The van der Waals surface area contributed by atoms with Crippen molar-refractivity contribution in [1.29, 1.82) is 0 Å². The van der Waals surface area contributed by atoms with E-state index in [4.69, 9.17) is 39.5 Å². The second-order valence-corrected chi connectivity index (χ2v) is 27.3. The van der Waals surface area contributed by atoms with Gasteiger partial charge >= 0.3 is 11.9 Å². The molecule has 626 valence electrons. The number of aliphatic hydroxyl groups is 3. The summed E-state index contributed by atoms with van der Waals surface area (Å²) >= 11 is 0. The van der Waals surface area contributed by atoms with E-state index in [1.807, 2.05) is 5.32 Å². The summed E-state index contributed by atoms with van der Waals surface area (Å²) in [6.07, 6.45) is -2.57.